The Morgan fingerprint density at radius 2 is 2.19 bits per heavy atom. The van der Waals surface area contributed by atoms with Crippen LogP contribution in [0.5, 0.6) is 11.5 Å². The number of ether oxygens (including phenoxy) is 2. The van der Waals surface area contributed by atoms with Gasteiger partial charge in [0.1, 0.15) is 0 Å². The monoisotopic (exact) mass is 318 g/mol. The fourth-order valence-electron chi connectivity index (χ4n) is 1.63. The number of methoxy groups -OCH3 is 1. The minimum atomic E-state index is -2.15. The van der Waals surface area contributed by atoms with E-state index in [4.69, 9.17) is 15.7 Å². The second-order valence-corrected chi connectivity index (χ2v) is 3.91. The maximum absolute atomic E-state index is 13.9. The lowest BCUT2D eigenvalue weighted by Gasteiger charge is -2.18. The maximum Gasteiger partial charge on any atom is 0.342 e. The minimum absolute atomic E-state index is 0. The first kappa shape index (κ1) is 19.0. The number of carbonyl (C=O) groups excluding carboxylic acids is 1. The number of phenolic OH excluding ortho intramolecular Hbond substituents is 1. The number of hydrogen-bond acceptors (Lipinski definition) is 6. The number of alkyl halides is 1. The van der Waals surface area contributed by atoms with Gasteiger partial charge in [-0.05, 0) is 13.0 Å². The Bertz CT molecular complexity index is 548. The van der Waals surface area contributed by atoms with Crippen molar-refractivity contribution in [2.45, 2.75) is 19.1 Å². The van der Waals surface area contributed by atoms with Gasteiger partial charge in [-0.25, -0.2) is 9.18 Å². The Morgan fingerprint density at radius 3 is 2.67 bits per heavy atom. The van der Waals surface area contributed by atoms with Crippen molar-refractivity contribution in [3.63, 3.8) is 0 Å². The van der Waals surface area contributed by atoms with Crippen molar-refractivity contribution in [3.8, 4) is 17.6 Å². The van der Waals surface area contributed by atoms with Gasteiger partial charge < -0.3 is 20.3 Å². The van der Waals surface area contributed by atoms with Gasteiger partial charge in [0.05, 0.1) is 31.4 Å². The molecule has 0 amide bonds. The second-order valence-electron chi connectivity index (χ2n) is 3.91. The molecule has 0 aliphatic heterocycles. The highest BCUT2D eigenvalue weighted by atomic mass is 35.5. The van der Waals surface area contributed by atoms with Crippen molar-refractivity contribution in [2.24, 2.45) is 5.73 Å². The van der Waals surface area contributed by atoms with Crippen molar-refractivity contribution in [3.05, 3.63) is 23.3 Å². The summed E-state index contributed by atoms with van der Waals surface area (Å²) in [6.45, 7) is 1.55. The van der Waals surface area contributed by atoms with Gasteiger partial charge in [-0.15, -0.1) is 12.4 Å². The van der Waals surface area contributed by atoms with Crippen LogP contribution in [0, 0.1) is 11.3 Å². The average Bonchev–Trinajstić information content (AvgIpc) is 2.46. The van der Waals surface area contributed by atoms with Gasteiger partial charge in [-0.2, -0.15) is 5.26 Å². The predicted molar refractivity (Wildman–Crippen MR) is 75.1 cm³/mol. The molecule has 0 heterocycles. The summed E-state index contributed by atoms with van der Waals surface area (Å²) in [5.41, 5.74) is 5.65. The molecule has 1 rings (SSSR count). The summed E-state index contributed by atoms with van der Waals surface area (Å²) in [5, 5.41) is 18.8. The molecule has 0 saturated carbocycles. The number of aromatic hydroxyl groups is 1. The van der Waals surface area contributed by atoms with Crippen LogP contribution in [0.3, 0.4) is 0 Å². The molecule has 2 atom stereocenters. The molecule has 1 aromatic carbocycles. The quantitative estimate of drug-likeness (QED) is 0.799. The standard InChI is InChI=1S/C13H15FN2O4.ClH/c1-3-20-13(18)10(14)11(16)8-4-7(6-15)5-9(19-2)12(8)17;/h4-5,10-11,17H,3,16H2,1-2H3;1H/t10?,11-;/m1./s1. The van der Waals surface area contributed by atoms with Crippen LogP contribution in [-0.2, 0) is 9.53 Å². The van der Waals surface area contributed by atoms with E-state index < -0.39 is 23.9 Å². The van der Waals surface area contributed by atoms with E-state index >= 15 is 0 Å². The predicted octanol–water partition coefficient (Wildman–Crippen LogP) is 1.60. The molecule has 1 aromatic rings. The summed E-state index contributed by atoms with van der Waals surface area (Å²) >= 11 is 0. The molecular formula is C13H16ClFN2O4. The highest BCUT2D eigenvalue weighted by Gasteiger charge is 2.30. The van der Waals surface area contributed by atoms with Crippen LogP contribution in [0.1, 0.15) is 24.1 Å². The van der Waals surface area contributed by atoms with Crippen LogP contribution in [0.2, 0.25) is 0 Å². The lowest BCUT2D eigenvalue weighted by molar-refractivity contribution is -0.149. The van der Waals surface area contributed by atoms with E-state index in [0.29, 0.717) is 0 Å². The number of nitrogens with two attached hydrogens (primary N) is 1. The number of halogens is 2. The first-order chi connectivity index (χ1) is 9.46. The smallest absolute Gasteiger partial charge is 0.342 e. The van der Waals surface area contributed by atoms with Crippen molar-refractivity contribution in [1.29, 1.82) is 5.26 Å². The number of rotatable bonds is 5. The van der Waals surface area contributed by atoms with Gasteiger partial charge in [0.2, 0.25) is 6.17 Å². The summed E-state index contributed by atoms with van der Waals surface area (Å²) in [6, 6.07) is 2.85. The zero-order chi connectivity index (χ0) is 15.3. The fraction of sp³-hybridized carbons (Fsp3) is 0.385. The molecule has 0 radical (unpaired) electrons. The molecule has 0 bridgehead atoms. The Balaban J connectivity index is 0.00000400. The molecule has 0 saturated heterocycles. The number of phenols is 1. The Kier molecular flexibility index (Phi) is 7.49. The number of nitrogens with zero attached hydrogens (tertiary/aromatic N) is 1. The number of esters is 1. The number of carbonyl (C=O) groups is 1. The molecule has 8 heteroatoms. The third-order valence-corrected chi connectivity index (χ3v) is 2.64. The summed E-state index contributed by atoms with van der Waals surface area (Å²) in [5.74, 6) is -1.56. The first-order valence-electron chi connectivity index (χ1n) is 5.83. The summed E-state index contributed by atoms with van der Waals surface area (Å²) in [7, 11) is 1.28. The van der Waals surface area contributed by atoms with Crippen molar-refractivity contribution in [1.82, 2.24) is 0 Å². The minimum Gasteiger partial charge on any atom is -0.504 e. The van der Waals surface area contributed by atoms with Gasteiger partial charge in [-0.1, -0.05) is 0 Å². The third kappa shape index (κ3) is 4.21. The average molecular weight is 319 g/mol. The molecule has 3 N–H and O–H groups in total. The van der Waals surface area contributed by atoms with Crippen LogP contribution >= 0.6 is 12.4 Å². The maximum atomic E-state index is 13.9. The molecule has 1 unspecified atom stereocenters. The Labute approximate surface area is 127 Å². The number of benzene rings is 1. The van der Waals surface area contributed by atoms with Crippen LogP contribution in [0.15, 0.2) is 12.1 Å². The van der Waals surface area contributed by atoms with E-state index in [1.54, 1.807) is 0 Å². The summed E-state index contributed by atoms with van der Waals surface area (Å²) in [4.78, 5) is 11.3. The van der Waals surface area contributed by atoms with Crippen LogP contribution < -0.4 is 10.5 Å². The Morgan fingerprint density at radius 1 is 1.57 bits per heavy atom. The number of hydrogen-bond donors (Lipinski definition) is 2. The van der Waals surface area contributed by atoms with E-state index in [-0.39, 0.29) is 35.9 Å². The second kappa shape index (κ2) is 8.29. The normalized spacial score (nSPS) is 12.5. The van der Waals surface area contributed by atoms with E-state index in [9.17, 15) is 14.3 Å². The van der Waals surface area contributed by atoms with Crippen molar-refractivity contribution in [2.75, 3.05) is 13.7 Å². The molecule has 0 spiro atoms. The van der Waals surface area contributed by atoms with Gasteiger partial charge >= 0.3 is 5.97 Å². The molecule has 0 aliphatic rings. The third-order valence-electron chi connectivity index (χ3n) is 2.64. The Hall–Kier alpha value is -2.04. The van der Waals surface area contributed by atoms with Crippen LogP contribution in [0.25, 0.3) is 0 Å². The fourth-order valence-corrected chi connectivity index (χ4v) is 1.63. The van der Waals surface area contributed by atoms with E-state index in [1.807, 2.05) is 6.07 Å². The molecule has 0 aromatic heterocycles. The largest absolute Gasteiger partial charge is 0.504 e. The SMILES string of the molecule is CCOC(=O)C(F)[C@H](N)c1cc(C#N)cc(OC)c1O.Cl. The molecule has 0 fully saturated rings. The topological polar surface area (TPSA) is 106 Å². The van der Waals surface area contributed by atoms with E-state index in [0.717, 1.165) is 0 Å². The van der Waals surface area contributed by atoms with Crippen molar-refractivity contribution >= 4 is 18.4 Å². The van der Waals surface area contributed by atoms with E-state index in [2.05, 4.69) is 4.74 Å². The molecule has 116 valence electrons. The molecule has 6 nitrogen and oxygen atoms in total. The van der Waals surface area contributed by atoms with Gasteiger partial charge in [0, 0.05) is 11.6 Å². The first-order valence-corrected chi connectivity index (χ1v) is 5.83. The van der Waals surface area contributed by atoms with Crippen LogP contribution in [0.4, 0.5) is 4.39 Å². The zero-order valence-corrected chi connectivity index (χ0v) is 12.3. The lowest BCUT2D eigenvalue weighted by Crippen LogP contribution is -2.31. The summed E-state index contributed by atoms with van der Waals surface area (Å²) in [6.07, 6.45) is -2.15. The van der Waals surface area contributed by atoms with Gasteiger partial charge in [0.25, 0.3) is 0 Å². The molecule has 0 aliphatic carbocycles. The molecule has 21 heavy (non-hydrogen) atoms. The highest BCUT2D eigenvalue weighted by molar-refractivity contribution is 5.85. The van der Waals surface area contributed by atoms with E-state index in [1.165, 1.54) is 26.2 Å². The van der Waals surface area contributed by atoms with Crippen molar-refractivity contribution < 1.29 is 23.8 Å². The lowest BCUT2D eigenvalue weighted by atomic mass is 9.99. The summed E-state index contributed by atoms with van der Waals surface area (Å²) < 4.78 is 23.3. The van der Waals surface area contributed by atoms with Gasteiger partial charge in [0.15, 0.2) is 11.5 Å². The van der Waals surface area contributed by atoms with Gasteiger partial charge in [-0.3, -0.25) is 0 Å². The number of nitriles is 1. The zero-order valence-electron chi connectivity index (χ0n) is 11.5. The highest BCUT2D eigenvalue weighted by Crippen LogP contribution is 2.36. The van der Waals surface area contributed by atoms with Crippen LogP contribution in [-0.4, -0.2) is 31.0 Å². The molecular weight excluding hydrogens is 303 g/mol.